The number of anilines is 1. The number of hydrogen-bond acceptors (Lipinski definition) is 4. The van der Waals surface area contributed by atoms with Crippen LogP contribution in [0.4, 0.5) is 9.52 Å². The molecule has 6 heteroatoms. The maximum atomic E-state index is 13.6. The first-order valence-corrected chi connectivity index (χ1v) is 6.99. The predicted octanol–water partition coefficient (Wildman–Crippen LogP) is 2.74. The summed E-state index contributed by atoms with van der Waals surface area (Å²) in [6.45, 7) is 1.33. The first-order valence-electron chi connectivity index (χ1n) is 6.18. The number of thiazole rings is 1. The molecule has 1 aromatic carbocycles. The van der Waals surface area contributed by atoms with E-state index in [9.17, 15) is 9.18 Å². The van der Waals surface area contributed by atoms with Gasteiger partial charge in [-0.05, 0) is 25.0 Å². The summed E-state index contributed by atoms with van der Waals surface area (Å²) in [5.41, 5.74) is 0.667. The lowest BCUT2D eigenvalue weighted by Crippen LogP contribution is -2.36. The summed E-state index contributed by atoms with van der Waals surface area (Å²) in [6.07, 6.45) is 1.24. The maximum Gasteiger partial charge on any atom is 0.306 e. The molecule has 0 aliphatic carbocycles. The first-order chi connectivity index (χ1) is 9.15. The summed E-state index contributed by atoms with van der Waals surface area (Å²) < 4.78 is 14.2. The number of halogens is 1. The Hall–Kier alpha value is -1.69. The molecule has 0 saturated carbocycles. The molecule has 0 amide bonds. The number of hydrogen-bond donors (Lipinski definition) is 1. The average molecular weight is 280 g/mol. The van der Waals surface area contributed by atoms with E-state index < -0.39 is 5.97 Å². The van der Waals surface area contributed by atoms with E-state index in [0.717, 1.165) is 5.13 Å². The van der Waals surface area contributed by atoms with E-state index in [1.54, 1.807) is 12.1 Å². The van der Waals surface area contributed by atoms with Gasteiger partial charge in [-0.15, -0.1) is 0 Å². The number of carboxylic acids is 1. The second kappa shape index (κ2) is 4.77. The number of aliphatic carboxylic acids is 1. The van der Waals surface area contributed by atoms with Crippen molar-refractivity contribution in [2.45, 2.75) is 12.8 Å². The molecule has 0 unspecified atom stereocenters. The minimum absolute atomic E-state index is 0.248. The summed E-state index contributed by atoms with van der Waals surface area (Å²) >= 11 is 1.33. The van der Waals surface area contributed by atoms with Crippen molar-refractivity contribution in [3.63, 3.8) is 0 Å². The fraction of sp³-hybridized carbons (Fsp3) is 0.385. The molecular weight excluding hydrogens is 267 g/mol. The Morgan fingerprint density at radius 3 is 2.79 bits per heavy atom. The van der Waals surface area contributed by atoms with Crippen molar-refractivity contribution in [1.29, 1.82) is 0 Å². The van der Waals surface area contributed by atoms with Gasteiger partial charge in [0.1, 0.15) is 5.82 Å². The van der Waals surface area contributed by atoms with Crippen molar-refractivity contribution in [2.24, 2.45) is 5.92 Å². The van der Waals surface area contributed by atoms with Crippen LogP contribution >= 0.6 is 11.3 Å². The lowest BCUT2D eigenvalue weighted by atomic mass is 9.98. The molecule has 1 saturated heterocycles. The maximum absolute atomic E-state index is 13.6. The van der Waals surface area contributed by atoms with E-state index in [4.69, 9.17) is 5.11 Å². The summed E-state index contributed by atoms with van der Waals surface area (Å²) in [4.78, 5) is 17.4. The highest BCUT2D eigenvalue weighted by molar-refractivity contribution is 7.22. The Morgan fingerprint density at radius 1 is 1.42 bits per heavy atom. The molecule has 1 fully saturated rings. The Kier molecular flexibility index (Phi) is 3.10. The van der Waals surface area contributed by atoms with Crippen LogP contribution in [-0.2, 0) is 4.79 Å². The molecule has 2 aromatic rings. The third-order valence-corrected chi connectivity index (χ3v) is 4.61. The van der Waals surface area contributed by atoms with E-state index in [1.807, 2.05) is 4.90 Å². The van der Waals surface area contributed by atoms with Crippen LogP contribution < -0.4 is 4.90 Å². The molecule has 0 radical (unpaired) electrons. The fourth-order valence-electron chi connectivity index (χ4n) is 2.36. The molecule has 3 rings (SSSR count). The Labute approximate surface area is 113 Å². The SMILES string of the molecule is O=C(O)C1CCN(c2nc3cccc(F)c3s2)CC1. The van der Waals surface area contributed by atoms with Crippen molar-refractivity contribution in [3.8, 4) is 0 Å². The highest BCUT2D eigenvalue weighted by atomic mass is 32.1. The number of rotatable bonds is 2. The predicted molar refractivity (Wildman–Crippen MR) is 72.2 cm³/mol. The number of aromatic nitrogens is 1. The summed E-state index contributed by atoms with van der Waals surface area (Å²) in [5, 5.41) is 9.75. The third kappa shape index (κ3) is 2.28. The van der Waals surface area contributed by atoms with Crippen molar-refractivity contribution in [1.82, 2.24) is 4.98 Å². The highest BCUT2D eigenvalue weighted by Crippen LogP contribution is 2.32. The number of piperidine rings is 1. The standard InChI is InChI=1S/C13H13FN2O2S/c14-9-2-1-3-10-11(9)19-13(15-10)16-6-4-8(5-7-16)12(17)18/h1-3,8H,4-7H2,(H,17,18). The lowest BCUT2D eigenvalue weighted by Gasteiger charge is -2.29. The molecule has 19 heavy (non-hydrogen) atoms. The van der Waals surface area contributed by atoms with Crippen molar-refractivity contribution in [3.05, 3.63) is 24.0 Å². The van der Waals surface area contributed by atoms with Gasteiger partial charge in [-0.1, -0.05) is 17.4 Å². The molecule has 0 atom stereocenters. The topological polar surface area (TPSA) is 53.4 Å². The quantitative estimate of drug-likeness (QED) is 0.919. The normalized spacial score (nSPS) is 17.0. The van der Waals surface area contributed by atoms with E-state index in [0.29, 0.717) is 36.1 Å². The van der Waals surface area contributed by atoms with Crippen molar-refractivity contribution in [2.75, 3.05) is 18.0 Å². The minimum atomic E-state index is -0.727. The van der Waals surface area contributed by atoms with E-state index >= 15 is 0 Å². The van der Waals surface area contributed by atoms with Crippen LogP contribution in [0.5, 0.6) is 0 Å². The molecule has 2 heterocycles. The van der Waals surface area contributed by atoms with Crippen LogP contribution in [0.1, 0.15) is 12.8 Å². The van der Waals surface area contributed by atoms with E-state index in [-0.39, 0.29) is 11.7 Å². The zero-order valence-corrected chi connectivity index (χ0v) is 11.0. The number of nitrogens with zero attached hydrogens (tertiary/aromatic N) is 2. The fourth-order valence-corrected chi connectivity index (χ4v) is 3.38. The summed E-state index contributed by atoms with van der Waals surface area (Å²) in [6, 6.07) is 4.88. The Bertz CT molecular complexity index is 620. The number of carboxylic acid groups (broad SMARTS) is 1. The second-order valence-electron chi connectivity index (χ2n) is 4.68. The van der Waals surface area contributed by atoms with Gasteiger partial charge in [0.2, 0.25) is 0 Å². The zero-order chi connectivity index (χ0) is 13.4. The number of benzene rings is 1. The number of carbonyl (C=O) groups is 1. The van der Waals surface area contributed by atoms with Gasteiger partial charge in [-0.3, -0.25) is 4.79 Å². The lowest BCUT2D eigenvalue weighted by molar-refractivity contribution is -0.142. The van der Waals surface area contributed by atoms with Crippen LogP contribution in [0.3, 0.4) is 0 Å². The molecule has 1 aliphatic heterocycles. The van der Waals surface area contributed by atoms with Gasteiger partial charge in [0.15, 0.2) is 5.13 Å². The molecule has 4 nitrogen and oxygen atoms in total. The van der Waals surface area contributed by atoms with Crippen molar-refractivity contribution >= 4 is 32.7 Å². The summed E-state index contributed by atoms with van der Waals surface area (Å²) in [5.74, 6) is -1.24. The summed E-state index contributed by atoms with van der Waals surface area (Å²) in [7, 11) is 0. The molecule has 1 N–H and O–H groups in total. The highest BCUT2D eigenvalue weighted by Gasteiger charge is 2.26. The van der Waals surface area contributed by atoms with Gasteiger partial charge in [0.25, 0.3) is 0 Å². The van der Waals surface area contributed by atoms with Crippen LogP contribution in [0, 0.1) is 11.7 Å². The van der Waals surface area contributed by atoms with E-state index in [2.05, 4.69) is 4.98 Å². The molecule has 100 valence electrons. The molecule has 0 bridgehead atoms. The van der Waals surface area contributed by atoms with Crippen LogP contribution in [0.25, 0.3) is 10.2 Å². The molecule has 1 aromatic heterocycles. The average Bonchev–Trinajstić information content (AvgIpc) is 2.84. The minimum Gasteiger partial charge on any atom is -0.481 e. The van der Waals surface area contributed by atoms with E-state index in [1.165, 1.54) is 17.4 Å². The third-order valence-electron chi connectivity index (χ3n) is 3.47. The Balaban J connectivity index is 1.82. The van der Waals surface area contributed by atoms with Gasteiger partial charge in [0.05, 0.1) is 16.1 Å². The smallest absolute Gasteiger partial charge is 0.306 e. The monoisotopic (exact) mass is 280 g/mol. The number of fused-ring (bicyclic) bond motifs is 1. The first kappa shape index (κ1) is 12.3. The molecular formula is C13H13FN2O2S. The van der Waals surface area contributed by atoms with Gasteiger partial charge >= 0.3 is 5.97 Å². The molecule has 0 spiro atoms. The second-order valence-corrected chi connectivity index (χ2v) is 5.66. The Morgan fingerprint density at radius 2 is 2.16 bits per heavy atom. The van der Waals surface area contributed by atoms with Crippen LogP contribution in [0.2, 0.25) is 0 Å². The van der Waals surface area contributed by atoms with Crippen LogP contribution in [-0.4, -0.2) is 29.1 Å². The van der Waals surface area contributed by atoms with Crippen LogP contribution in [0.15, 0.2) is 18.2 Å². The van der Waals surface area contributed by atoms with Gasteiger partial charge in [-0.2, -0.15) is 0 Å². The van der Waals surface area contributed by atoms with Crippen molar-refractivity contribution < 1.29 is 14.3 Å². The zero-order valence-electron chi connectivity index (χ0n) is 10.2. The van der Waals surface area contributed by atoms with Gasteiger partial charge in [-0.25, -0.2) is 9.37 Å². The molecule has 1 aliphatic rings. The van der Waals surface area contributed by atoms with Gasteiger partial charge in [0, 0.05) is 13.1 Å². The largest absolute Gasteiger partial charge is 0.481 e. The van der Waals surface area contributed by atoms with Gasteiger partial charge < -0.3 is 10.0 Å².